The number of sulfonamides is 1. The van der Waals surface area contributed by atoms with E-state index in [0.29, 0.717) is 5.76 Å². The summed E-state index contributed by atoms with van der Waals surface area (Å²) in [5.74, 6) is -1.02. The Kier molecular flexibility index (Phi) is 7.58. The summed E-state index contributed by atoms with van der Waals surface area (Å²) in [6.07, 6.45) is 1.50. The average Bonchev–Trinajstić information content (AvgIpc) is 3.17. The third-order valence-electron chi connectivity index (χ3n) is 4.27. The Morgan fingerprint density at radius 3 is 2.38 bits per heavy atom. The van der Waals surface area contributed by atoms with Crippen molar-refractivity contribution in [2.75, 3.05) is 13.7 Å². The maximum atomic E-state index is 12.6. The minimum Gasteiger partial charge on any atom is -0.467 e. The highest BCUT2D eigenvalue weighted by atomic mass is 32.2. The third kappa shape index (κ3) is 6.43. The number of nitrogens with zero attached hydrogens (tertiary/aromatic N) is 1. The number of likely N-dealkylation sites (N-methyl/N-ethyl adjacent to an activating group) is 1. The van der Waals surface area contributed by atoms with Gasteiger partial charge in [0.1, 0.15) is 11.8 Å². The summed E-state index contributed by atoms with van der Waals surface area (Å²) in [7, 11) is -2.36. The highest BCUT2D eigenvalue weighted by Crippen LogP contribution is 2.14. The molecule has 158 valence electrons. The van der Waals surface area contributed by atoms with Gasteiger partial charge in [-0.05, 0) is 37.1 Å². The van der Waals surface area contributed by atoms with E-state index in [1.807, 2.05) is 6.92 Å². The Bertz CT molecular complexity index is 920. The molecule has 0 saturated heterocycles. The van der Waals surface area contributed by atoms with Gasteiger partial charge in [0.05, 0.1) is 17.7 Å². The molecule has 2 rings (SSSR count). The summed E-state index contributed by atoms with van der Waals surface area (Å²) in [5.41, 5.74) is 0.918. The number of furan rings is 1. The van der Waals surface area contributed by atoms with Gasteiger partial charge in [-0.25, -0.2) is 8.42 Å². The molecule has 0 saturated carbocycles. The lowest BCUT2D eigenvalue weighted by molar-refractivity contribution is -0.154. The quantitative estimate of drug-likeness (QED) is 0.621. The normalized spacial score (nSPS) is 12.6. The summed E-state index contributed by atoms with van der Waals surface area (Å²) in [6.45, 7) is 4.96. The molecular weight excluding hydrogens is 396 g/mol. The van der Waals surface area contributed by atoms with Crippen LogP contribution in [0.1, 0.15) is 25.2 Å². The Morgan fingerprint density at radius 1 is 1.17 bits per heavy atom. The number of carbonyl (C=O) groups is 2. The number of carbonyl (C=O) groups excluding carboxylic acids is 2. The molecule has 29 heavy (non-hydrogen) atoms. The zero-order valence-corrected chi connectivity index (χ0v) is 17.7. The fourth-order valence-corrected chi connectivity index (χ4v) is 3.80. The molecule has 1 atom stereocenters. The molecule has 0 aliphatic heterocycles. The topological polar surface area (TPSA) is 106 Å². The predicted octanol–water partition coefficient (Wildman–Crippen LogP) is 2.09. The molecule has 2 aromatic rings. The third-order valence-corrected chi connectivity index (χ3v) is 5.73. The second-order valence-electron chi connectivity index (χ2n) is 7.09. The van der Waals surface area contributed by atoms with Crippen molar-refractivity contribution in [2.45, 2.75) is 38.3 Å². The Morgan fingerprint density at radius 2 is 1.83 bits per heavy atom. The van der Waals surface area contributed by atoms with Crippen molar-refractivity contribution >= 4 is 21.9 Å². The highest BCUT2D eigenvalue weighted by molar-refractivity contribution is 7.89. The Hall–Kier alpha value is -2.65. The summed E-state index contributed by atoms with van der Waals surface area (Å²) in [6, 6.07) is 8.59. The van der Waals surface area contributed by atoms with Crippen molar-refractivity contribution in [3.8, 4) is 0 Å². The van der Waals surface area contributed by atoms with E-state index in [1.54, 1.807) is 45.2 Å². The van der Waals surface area contributed by atoms with E-state index >= 15 is 0 Å². The van der Waals surface area contributed by atoms with E-state index in [4.69, 9.17) is 9.15 Å². The number of rotatable bonds is 9. The van der Waals surface area contributed by atoms with Crippen LogP contribution in [0.3, 0.4) is 0 Å². The number of hydrogen-bond donors (Lipinski definition) is 1. The van der Waals surface area contributed by atoms with Crippen LogP contribution in [0.15, 0.2) is 52.0 Å². The van der Waals surface area contributed by atoms with E-state index in [1.165, 1.54) is 23.3 Å². The van der Waals surface area contributed by atoms with Crippen LogP contribution < -0.4 is 4.72 Å². The van der Waals surface area contributed by atoms with Crippen molar-refractivity contribution in [1.82, 2.24) is 9.62 Å². The lowest BCUT2D eigenvalue weighted by atomic mass is 10.1. The van der Waals surface area contributed by atoms with Crippen molar-refractivity contribution < 1.29 is 27.2 Å². The Balaban J connectivity index is 1.98. The average molecular weight is 423 g/mol. The van der Waals surface area contributed by atoms with E-state index in [9.17, 15) is 18.0 Å². The lowest BCUT2D eigenvalue weighted by Crippen LogP contribution is -2.46. The van der Waals surface area contributed by atoms with Gasteiger partial charge in [-0.1, -0.05) is 31.5 Å². The molecule has 0 bridgehead atoms. The number of amides is 1. The van der Waals surface area contributed by atoms with Crippen LogP contribution in [0.25, 0.3) is 0 Å². The first-order valence-electron chi connectivity index (χ1n) is 9.12. The van der Waals surface area contributed by atoms with Gasteiger partial charge < -0.3 is 14.1 Å². The summed E-state index contributed by atoms with van der Waals surface area (Å²) in [4.78, 5) is 26.0. The molecular formula is C20H26N2O6S. The maximum absolute atomic E-state index is 12.6. The number of nitrogens with one attached hydrogen (secondary N) is 1. The van der Waals surface area contributed by atoms with Gasteiger partial charge in [0, 0.05) is 7.05 Å². The predicted molar refractivity (Wildman–Crippen MR) is 106 cm³/mol. The maximum Gasteiger partial charge on any atom is 0.324 e. The van der Waals surface area contributed by atoms with Crippen LogP contribution in [-0.4, -0.2) is 44.9 Å². The number of aryl methyl sites for hydroxylation is 1. The van der Waals surface area contributed by atoms with Crippen LogP contribution in [0, 0.1) is 12.8 Å². The smallest absolute Gasteiger partial charge is 0.324 e. The standard InChI is InChI=1S/C20H26N2O6S/c1-14(2)19(21-29(25,26)17-9-7-15(3)8-10-17)20(24)28-13-18(23)22(4)12-16-6-5-11-27-16/h5-11,14,19,21H,12-13H2,1-4H3. The molecule has 1 aromatic heterocycles. The van der Waals surface area contributed by atoms with Crippen LogP contribution in [-0.2, 0) is 30.9 Å². The van der Waals surface area contributed by atoms with Crippen LogP contribution in [0.4, 0.5) is 0 Å². The van der Waals surface area contributed by atoms with Gasteiger partial charge >= 0.3 is 5.97 Å². The number of ether oxygens (including phenoxy) is 1. The molecule has 1 aromatic carbocycles. The first-order chi connectivity index (χ1) is 13.6. The van der Waals surface area contributed by atoms with Gasteiger partial charge in [-0.3, -0.25) is 9.59 Å². The zero-order valence-electron chi connectivity index (χ0n) is 16.9. The van der Waals surface area contributed by atoms with Crippen molar-refractivity contribution in [2.24, 2.45) is 5.92 Å². The van der Waals surface area contributed by atoms with Crippen molar-refractivity contribution in [1.29, 1.82) is 0 Å². The summed E-state index contributed by atoms with van der Waals surface area (Å²) < 4.78 is 37.8. The van der Waals surface area contributed by atoms with Crippen LogP contribution >= 0.6 is 0 Å². The second-order valence-corrected chi connectivity index (χ2v) is 8.81. The van der Waals surface area contributed by atoms with Gasteiger partial charge in [0.25, 0.3) is 5.91 Å². The van der Waals surface area contributed by atoms with E-state index in [-0.39, 0.29) is 17.4 Å². The van der Waals surface area contributed by atoms with Gasteiger partial charge in [0.15, 0.2) is 6.61 Å². The van der Waals surface area contributed by atoms with Crippen molar-refractivity contribution in [3.63, 3.8) is 0 Å². The summed E-state index contributed by atoms with van der Waals surface area (Å²) in [5, 5.41) is 0. The van der Waals surface area contributed by atoms with Gasteiger partial charge in [-0.15, -0.1) is 0 Å². The molecule has 0 aliphatic rings. The molecule has 0 spiro atoms. The van der Waals surface area contributed by atoms with Gasteiger partial charge in [0.2, 0.25) is 10.0 Å². The second kappa shape index (κ2) is 9.71. The van der Waals surface area contributed by atoms with Gasteiger partial charge in [-0.2, -0.15) is 4.72 Å². The van der Waals surface area contributed by atoms with Crippen LogP contribution in [0.2, 0.25) is 0 Å². The SMILES string of the molecule is Cc1ccc(S(=O)(=O)NC(C(=O)OCC(=O)N(C)Cc2ccco2)C(C)C)cc1. The first kappa shape index (κ1) is 22.6. The minimum atomic E-state index is -3.91. The van der Waals surface area contributed by atoms with E-state index in [0.717, 1.165) is 5.56 Å². The van der Waals surface area contributed by atoms with Crippen molar-refractivity contribution in [3.05, 3.63) is 54.0 Å². The highest BCUT2D eigenvalue weighted by Gasteiger charge is 2.30. The molecule has 1 heterocycles. The molecule has 1 amide bonds. The largest absolute Gasteiger partial charge is 0.467 e. The molecule has 8 nitrogen and oxygen atoms in total. The van der Waals surface area contributed by atoms with E-state index < -0.39 is 34.5 Å². The molecule has 0 fully saturated rings. The molecule has 1 N–H and O–H groups in total. The summed E-state index contributed by atoms with van der Waals surface area (Å²) >= 11 is 0. The lowest BCUT2D eigenvalue weighted by Gasteiger charge is -2.22. The molecule has 0 aliphatic carbocycles. The van der Waals surface area contributed by atoms with Crippen LogP contribution in [0.5, 0.6) is 0 Å². The zero-order chi connectivity index (χ0) is 21.6. The number of esters is 1. The molecule has 1 unspecified atom stereocenters. The molecule has 0 radical (unpaired) electrons. The Labute approximate surface area is 170 Å². The fraction of sp³-hybridized carbons (Fsp3) is 0.400. The number of hydrogen-bond acceptors (Lipinski definition) is 6. The number of benzene rings is 1. The minimum absolute atomic E-state index is 0.0517. The fourth-order valence-electron chi connectivity index (χ4n) is 2.47. The monoisotopic (exact) mass is 422 g/mol. The van der Waals surface area contributed by atoms with E-state index in [2.05, 4.69) is 4.72 Å². The molecule has 9 heteroatoms. The first-order valence-corrected chi connectivity index (χ1v) is 10.6.